The van der Waals surface area contributed by atoms with Crippen LogP contribution in [0.5, 0.6) is 0 Å². The van der Waals surface area contributed by atoms with Crippen LogP contribution < -0.4 is 15.8 Å². The van der Waals surface area contributed by atoms with Crippen molar-refractivity contribution in [3.05, 3.63) is 46.2 Å². The molecule has 0 saturated carbocycles. The Kier molecular flexibility index (Phi) is 3.94. The van der Waals surface area contributed by atoms with Crippen molar-refractivity contribution in [2.75, 3.05) is 31.1 Å². The highest BCUT2D eigenvalue weighted by Crippen LogP contribution is 2.25. The molecule has 128 valence electrons. The summed E-state index contributed by atoms with van der Waals surface area (Å²) < 4.78 is 1.29. The van der Waals surface area contributed by atoms with Crippen molar-refractivity contribution in [1.82, 2.24) is 19.9 Å². The molecule has 0 bridgehead atoms. The van der Waals surface area contributed by atoms with Crippen LogP contribution in [0.2, 0.25) is 0 Å². The summed E-state index contributed by atoms with van der Waals surface area (Å²) in [5, 5.41) is 17.2. The van der Waals surface area contributed by atoms with Crippen LogP contribution >= 0.6 is 11.3 Å². The number of fused-ring (bicyclic) bond motifs is 1. The number of carboxylic acids is 1. The molecule has 1 aliphatic rings. The lowest BCUT2D eigenvalue weighted by Gasteiger charge is -2.27. The molecule has 3 aromatic rings. The van der Waals surface area contributed by atoms with Crippen molar-refractivity contribution >= 4 is 28.1 Å². The normalized spacial score (nSPS) is 14.8. The van der Waals surface area contributed by atoms with Gasteiger partial charge in [-0.15, -0.1) is 0 Å². The highest BCUT2D eigenvalue weighted by atomic mass is 32.1. The molecule has 4 rings (SSSR count). The number of carboxylic acid groups (broad SMARTS) is 1. The van der Waals surface area contributed by atoms with Crippen molar-refractivity contribution in [2.45, 2.75) is 0 Å². The Bertz CT molecular complexity index is 989. The Balaban J connectivity index is 1.73. The van der Waals surface area contributed by atoms with E-state index in [1.807, 2.05) is 0 Å². The number of piperazine rings is 1. The van der Waals surface area contributed by atoms with Gasteiger partial charge in [-0.25, -0.2) is 9.78 Å². The zero-order chi connectivity index (χ0) is 17.4. The molecule has 1 aliphatic heterocycles. The van der Waals surface area contributed by atoms with E-state index in [9.17, 15) is 9.59 Å². The standard InChI is InChI=1S/C16H15N5O3S/c22-13-9-12(20-7-5-17-6-8-20)18-16-21(13)19-14(25-16)10-1-3-11(4-2-10)15(23)24/h1-4,9,17H,5-8H2,(H,23,24). The fourth-order valence-electron chi connectivity index (χ4n) is 2.73. The number of anilines is 1. The molecule has 0 aliphatic carbocycles. The maximum atomic E-state index is 12.4. The number of rotatable bonds is 3. The van der Waals surface area contributed by atoms with Gasteiger partial charge in [0, 0.05) is 37.8 Å². The number of aromatic nitrogens is 3. The minimum atomic E-state index is -0.977. The van der Waals surface area contributed by atoms with Crippen molar-refractivity contribution in [3.8, 4) is 10.6 Å². The minimum Gasteiger partial charge on any atom is -0.478 e. The number of hydrogen-bond donors (Lipinski definition) is 2. The Morgan fingerprint density at radius 1 is 1.20 bits per heavy atom. The largest absolute Gasteiger partial charge is 0.478 e. The fraction of sp³-hybridized carbons (Fsp3) is 0.250. The molecule has 0 radical (unpaired) electrons. The zero-order valence-electron chi connectivity index (χ0n) is 13.2. The molecule has 0 unspecified atom stereocenters. The smallest absolute Gasteiger partial charge is 0.335 e. The first-order chi connectivity index (χ1) is 12.1. The molecular formula is C16H15N5O3S. The van der Waals surface area contributed by atoms with Crippen LogP contribution in [-0.2, 0) is 0 Å². The number of nitrogens with one attached hydrogen (secondary N) is 1. The Morgan fingerprint density at radius 2 is 1.92 bits per heavy atom. The molecule has 8 nitrogen and oxygen atoms in total. The maximum Gasteiger partial charge on any atom is 0.335 e. The molecule has 3 heterocycles. The van der Waals surface area contributed by atoms with Crippen LogP contribution in [0, 0.1) is 0 Å². The first-order valence-electron chi connectivity index (χ1n) is 7.82. The average Bonchev–Trinajstić information content (AvgIpc) is 3.07. The summed E-state index contributed by atoms with van der Waals surface area (Å²) in [5.74, 6) is -0.308. The molecule has 1 fully saturated rings. The van der Waals surface area contributed by atoms with Crippen LogP contribution in [-0.4, -0.2) is 51.9 Å². The lowest BCUT2D eigenvalue weighted by atomic mass is 10.1. The van der Waals surface area contributed by atoms with Crippen molar-refractivity contribution in [3.63, 3.8) is 0 Å². The summed E-state index contributed by atoms with van der Waals surface area (Å²) in [7, 11) is 0. The van der Waals surface area contributed by atoms with E-state index in [0.29, 0.717) is 15.8 Å². The SMILES string of the molecule is O=C(O)c1ccc(-c2nn3c(=O)cc(N4CCNCC4)nc3s2)cc1. The van der Waals surface area contributed by atoms with E-state index in [2.05, 4.69) is 20.3 Å². The number of aromatic carboxylic acids is 1. The second kappa shape index (κ2) is 6.26. The van der Waals surface area contributed by atoms with Gasteiger partial charge in [-0.3, -0.25) is 4.79 Å². The lowest BCUT2D eigenvalue weighted by Crippen LogP contribution is -2.44. The van der Waals surface area contributed by atoms with Crippen molar-refractivity contribution < 1.29 is 9.90 Å². The second-order valence-electron chi connectivity index (χ2n) is 5.67. The monoisotopic (exact) mass is 357 g/mol. The molecule has 0 spiro atoms. The minimum absolute atomic E-state index is 0.209. The van der Waals surface area contributed by atoms with Gasteiger partial charge in [-0.1, -0.05) is 23.5 Å². The molecule has 2 N–H and O–H groups in total. The van der Waals surface area contributed by atoms with Gasteiger partial charge in [0.1, 0.15) is 10.8 Å². The Labute approximate surface area is 146 Å². The molecule has 0 atom stereocenters. The summed E-state index contributed by atoms with van der Waals surface area (Å²) in [6, 6.07) is 7.92. The number of benzene rings is 1. The molecule has 0 amide bonds. The summed E-state index contributed by atoms with van der Waals surface area (Å²) in [6.45, 7) is 3.35. The van der Waals surface area contributed by atoms with Crippen LogP contribution in [0.3, 0.4) is 0 Å². The van der Waals surface area contributed by atoms with E-state index in [4.69, 9.17) is 5.11 Å². The van der Waals surface area contributed by atoms with E-state index < -0.39 is 5.97 Å². The van der Waals surface area contributed by atoms with E-state index in [1.54, 1.807) is 12.1 Å². The van der Waals surface area contributed by atoms with Gasteiger partial charge in [-0.05, 0) is 12.1 Å². The number of carbonyl (C=O) groups is 1. The second-order valence-corrected chi connectivity index (χ2v) is 6.63. The predicted octanol–water partition coefficient (Wildman–Crippen LogP) is 0.926. The molecular weight excluding hydrogens is 342 g/mol. The third-order valence-electron chi connectivity index (χ3n) is 4.05. The highest BCUT2D eigenvalue weighted by Gasteiger charge is 2.16. The van der Waals surface area contributed by atoms with Gasteiger partial charge >= 0.3 is 5.97 Å². The van der Waals surface area contributed by atoms with Crippen molar-refractivity contribution in [1.29, 1.82) is 0 Å². The van der Waals surface area contributed by atoms with Crippen LogP contribution in [0.25, 0.3) is 15.5 Å². The highest BCUT2D eigenvalue weighted by molar-refractivity contribution is 7.19. The third-order valence-corrected chi connectivity index (χ3v) is 5.01. The quantitative estimate of drug-likeness (QED) is 0.719. The van der Waals surface area contributed by atoms with E-state index in [1.165, 1.54) is 34.1 Å². The summed E-state index contributed by atoms with van der Waals surface area (Å²) in [6.07, 6.45) is 0. The molecule has 2 aromatic heterocycles. The predicted molar refractivity (Wildman–Crippen MR) is 94.6 cm³/mol. The number of nitrogens with zero attached hydrogens (tertiary/aromatic N) is 4. The summed E-state index contributed by atoms with van der Waals surface area (Å²) in [4.78, 5) is 30.5. The van der Waals surface area contributed by atoms with Crippen LogP contribution in [0.15, 0.2) is 35.1 Å². The molecule has 25 heavy (non-hydrogen) atoms. The summed E-state index contributed by atoms with van der Waals surface area (Å²) in [5.41, 5.74) is 0.743. The Hall–Kier alpha value is -2.78. The van der Waals surface area contributed by atoms with E-state index in [-0.39, 0.29) is 11.1 Å². The topological polar surface area (TPSA) is 99.8 Å². The van der Waals surface area contributed by atoms with Gasteiger partial charge in [0.15, 0.2) is 0 Å². The van der Waals surface area contributed by atoms with E-state index in [0.717, 1.165) is 31.7 Å². The summed E-state index contributed by atoms with van der Waals surface area (Å²) >= 11 is 1.31. The van der Waals surface area contributed by atoms with Gasteiger partial charge in [0.2, 0.25) is 4.96 Å². The average molecular weight is 357 g/mol. The Morgan fingerprint density at radius 3 is 2.60 bits per heavy atom. The van der Waals surface area contributed by atoms with Gasteiger partial charge in [0.05, 0.1) is 5.56 Å². The molecule has 1 aromatic carbocycles. The van der Waals surface area contributed by atoms with Crippen LogP contribution in [0.4, 0.5) is 5.82 Å². The third kappa shape index (κ3) is 2.99. The molecule has 9 heteroatoms. The van der Waals surface area contributed by atoms with Crippen molar-refractivity contribution in [2.24, 2.45) is 0 Å². The maximum absolute atomic E-state index is 12.4. The first kappa shape index (κ1) is 15.7. The first-order valence-corrected chi connectivity index (χ1v) is 8.64. The molecule has 1 saturated heterocycles. The van der Waals surface area contributed by atoms with Gasteiger partial charge in [0.25, 0.3) is 5.56 Å². The van der Waals surface area contributed by atoms with Gasteiger partial charge in [-0.2, -0.15) is 9.61 Å². The lowest BCUT2D eigenvalue weighted by molar-refractivity contribution is 0.0697. The van der Waals surface area contributed by atoms with E-state index >= 15 is 0 Å². The fourth-order valence-corrected chi connectivity index (χ4v) is 3.63. The number of hydrogen-bond acceptors (Lipinski definition) is 7. The van der Waals surface area contributed by atoms with Crippen LogP contribution in [0.1, 0.15) is 10.4 Å². The zero-order valence-corrected chi connectivity index (χ0v) is 14.0. The van der Waals surface area contributed by atoms with Gasteiger partial charge < -0.3 is 15.3 Å².